The molecule has 6 rings (SSSR count). The number of aromatic nitrogens is 4. The number of esters is 2. The first-order chi connectivity index (χ1) is 31.0. The number of hydrogen-bond donors (Lipinski definition) is 3. The SMILES string of the molecule is CCOC(=O)c1cn([C@H](CO)C(C)(C)C)c2[nH]c(=O)c(Cc3cccc(Cl)c3F)cc2c1=O.CCOC(=O)c1cn([C@H](CO)C(C)(C)C)c2nc(F)c(Cc3cccc(Cl)c3F)cc2c1=O. The molecule has 3 N–H and O–H groups in total. The largest absolute Gasteiger partial charge is 0.462 e. The van der Waals surface area contributed by atoms with Crippen molar-refractivity contribution in [3.63, 3.8) is 0 Å². The van der Waals surface area contributed by atoms with Crippen LogP contribution in [0.25, 0.3) is 22.1 Å². The van der Waals surface area contributed by atoms with Gasteiger partial charge in [0.1, 0.15) is 34.1 Å². The van der Waals surface area contributed by atoms with Gasteiger partial charge in [0.15, 0.2) is 0 Å². The summed E-state index contributed by atoms with van der Waals surface area (Å²) in [6.45, 7) is 13.9. The molecule has 18 heteroatoms. The third-order valence-electron chi connectivity index (χ3n) is 11.0. The van der Waals surface area contributed by atoms with E-state index in [0.29, 0.717) is 0 Å². The van der Waals surface area contributed by atoms with Crippen LogP contribution in [0.4, 0.5) is 13.2 Å². The summed E-state index contributed by atoms with van der Waals surface area (Å²) in [5, 5.41) is 20.0. The third kappa shape index (κ3) is 10.9. The van der Waals surface area contributed by atoms with Gasteiger partial charge in [-0.3, -0.25) is 14.4 Å². The van der Waals surface area contributed by atoms with Crippen molar-refractivity contribution >= 4 is 57.2 Å². The van der Waals surface area contributed by atoms with E-state index in [2.05, 4.69) is 9.97 Å². The Morgan fingerprint density at radius 3 is 1.61 bits per heavy atom. The molecule has 0 saturated heterocycles. The van der Waals surface area contributed by atoms with E-state index in [0.717, 1.165) is 0 Å². The van der Waals surface area contributed by atoms with Crippen molar-refractivity contribution < 1.29 is 42.4 Å². The highest BCUT2D eigenvalue weighted by atomic mass is 35.5. The topological polar surface area (TPSA) is 183 Å². The first-order valence-electron chi connectivity index (χ1n) is 21.0. The van der Waals surface area contributed by atoms with E-state index < -0.39 is 68.9 Å². The number of fused-ring (bicyclic) bond motifs is 2. The standard InChI is InChI=1S/C24H25ClF2N2O4.C24H26ClFN2O5/c1-5-33-23(32)16-11-29(18(12-30)24(2,3)4)22-15(20(16)31)10-14(21(27)28-22)9-13-7-6-8-17(25)19(13)26;1-5-33-23(32)16-11-28(18(12-29)24(2,3)4)21-15(20(16)30)10-14(22(31)27-21)9-13-7-6-8-17(25)19(13)26/h6-8,10-11,18,30H,5,9,12H2,1-4H3;6-8,10-11,18,29H,5,9,12H2,1-4H3,(H,27,31)/t2*18-/m11/s1. The number of carbonyl (C=O) groups is 2. The molecule has 4 aromatic heterocycles. The van der Waals surface area contributed by atoms with E-state index in [4.69, 9.17) is 32.7 Å². The lowest BCUT2D eigenvalue weighted by atomic mass is 9.86. The van der Waals surface area contributed by atoms with Gasteiger partial charge in [-0.25, -0.2) is 23.4 Å². The van der Waals surface area contributed by atoms with Crippen LogP contribution in [0, 0.1) is 28.4 Å². The fourth-order valence-corrected chi connectivity index (χ4v) is 7.81. The number of H-pyrrole nitrogens is 1. The Kier molecular flexibility index (Phi) is 16.1. The molecule has 0 aliphatic rings. The summed E-state index contributed by atoms with van der Waals surface area (Å²) in [5.41, 5.74) is -2.80. The van der Waals surface area contributed by atoms with Gasteiger partial charge in [-0.1, -0.05) is 89.0 Å². The molecule has 4 heterocycles. The summed E-state index contributed by atoms with van der Waals surface area (Å²) >= 11 is 11.7. The van der Waals surface area contributed by atoms with Crippen LogP contribution >= 0.6 is 23.2 Å². The highest BCUT2D eigenvalue weighted by Crippen LogP contribution is 2.34. The Balaban J connectivity index is 0.000000247. The van der Waals surface area contributed by atoms with Crippen LogP contribution in [0.2, 0.25) is 10.0 Å². The van der Waals surface area contributed by atoms with E-state index in [1.165, 1.54) is 64.0 Å². The number of ether oxygens (including phenoxy) is 2. The fraction of sp³-hybridized carbons (Fsp3) is 0.375. The Morgan fingerprint density at radius 1 is 0.697 bits per heavy atom. The summed E-state index contributed by atoms with van der Waals surface area (Å²) in [6, 6.07) is 10.3. The molecule has 0 spiro atoms. The number of halogens is 5. The number of aromatic amines is 1. The lowest BCUT2D eigenvalue weighted by molar-refractivity contribution is 0.0513. The second-order valence-corrected chi connectivity index (χ2v) is 18.4. The highest BCUT2D eigenvalue weighted by molar-refractivity contribution is 6.31. The minimum Gasteiger partial charge on any atom is -0.462 e. The summed E-state index contributed by atoms with van der Waals surface area (Å²) in [4.78, 5) is 70.9. The maximum atomic E-state index is 15.1. The van der Waals surface area contributed by atoms with Gasteiger partial charge in [0.2, 0.25) is 16.8 Å². The molecule has 0 fully saturated rings. The predicted molar refractivity (Wildman–Crippen MR) is 246 cm³/mol. The second kappa shape index (κ2) is 20.8. The molecular formula is C48H51Cl2F3N4O9. The van der Waals surface area contributed by atoms with Crippen molar-refractivity contribution in [2.75, 3.05) is 26.4 Å². The number of aliphatic hydroxyl groups excluding tert-OH is 2. The minimum atomic E-state index is -0.899. The normalized spacial score (nSPS) is 12.7. The number of rotatable bonds is 12. The predicted octanol–water partition coefficient (Wildman–Crippen LogP) is 8.50. The van der Waals surface area contributed by atoms with E-state index in [9.17, 15) is 43.0 Å². The van der Waals surface area contributed by atoms with Gasteiger partial charge < -0.3 is 33.8 Å². The van der Waals surface area contributed by atoms with E-state index >= 15 is 4.39 Å². The van der Waals surface area contributed by atoms with Crippen molar-refractivity contribution in [1.82, 2.24) is 19.1 Å². The number of nitrogens with one attached hydrogen (secondary N) is 1. The minimum absolute atomic E-state index is 0.0326. The first-order valence-corrected chi connectivity index (χ1v) is 21.7. The fourth-order valence-electron chi connectivity index (χ4n) is 7.42. The quantitative estimate of drug-likeness (QED) is 0.0795. The van der Waals surface area contributed by atoms with Gasteiger partial charge in [-0.2, -0.15) is 4.39 Å². The Morgan fingerprint density at radius 2 is 1.14 bits per heavy atom. The smallest absolute Gasteiger partial charge is 0.343 e. The van der Waals surface area contributed by atoms with Crippen LogP contribution in [-0.4, -0.2) is 67.7 Å². The maximum Gasteiger partial charge on any atom is 0.343 e. The Labute approximate surface area is 387 Å². The van der Waals surface area contributed by atoms with Crippen molar-refractivity contribution in [3.8, 4) is 0 Å². The lowest BCUT2D eigenvalue weighted by Crippen LogP contribution is -2.32. The number of benzene rings is 2. The molecule has 0 aliphatic heterocycles. The van der Waals surface area contributed by atoms with Crippen LogP contribution in [-0.2, 0) is 22.3 Å². The molecule has 0 saturated carbocycles. The zero-order chi connectivity index (χ0) is 49.0. The number of aliphatic hydroxyl groups is 2. The Hall–Kier alpha value is -5.81. The van der Waals surface area contributed by atoms with Crippen molar-refractivity contribution in [2.24, 2.45) is 10.8 Å². The number of hydrogen-bond acceptors (Lipinski definition) is 10. The van der Waals surface area contributed by atoms with Gasteiger partial charge in [-0.05, 0) is 60.1 Å². The van der Waals surface area contributed by atoms with Crippen LogP contribution < -0.4 is 16.4 Å². The molecular weight excluding hydrogens is 904 g/mol. The van der Waals surface area contributed by atoms with Crippen molar-refractivity contribution in [2.45, 2.75) is 80.3 Å². The molecule has 2 aromatic carbocycles. The van der Waals surface area contributed by atoms with E-state index in [-0.39, 0.29) is 105 Å². The molecule has 352 valence electrons. The number of carbonyl (C=O) groups excluding carboxylic acids is 2. The van der Waals surface area contributed by atoms with Gasteiger partial charge >= 0.3 is 11.9 Å². The maximum absolute atomic E-state index is 15.1. The van der Waals surface area contributed by atoms with Gasteiger partial charge in [0.05, 0.1) is 59.3 Å². The molecule has 66 heavy (non-hydrogen) atoms. The van der Waals surface area contributed by atoms with Crippen molar-refractivity contribution in [3.05, 3.63) is 153 Å². The average Bonchev–Trinajstić information content (AvgIpc) is 3.23. The van der Waals surface area contributed by atoms with Crippen LogP contribution in [0.3, 0.4) is 0 Å². The zero-order valence-corrected chi connectivity index (χ0v) is 39.2. The third-order valence-corrected chi connectivity index (χ3v) is 11.6. The van der Waals surface area contributed by atoms with Gasteiger partial charge in [-0.15, -0.1) is 0 Å². The van der Waals surface area contributed by atoms with E-state index in [1.807, 2.05) is 41.5 Å². The molecule has 0 bridgehead atoms. The van der Waals surface area contributed by atoms with E-state index in [1.54, 1.807) is 19.9 Å². The molecule has 0 aliphatic carbocycles. The van der Waals surface area contributed by atoms with Crippen LogP contribution in [0.1, 0.15) is 110 Å². The summed E-state index contributed by atoms with van der Waals surface area (Å²) in [5.74, 6) is -3.88. The molecule has 0 unspecified atom stereocenters. The molecule has 6 aromatic rings. The summed E-state index contributed by atoms with van der Waals surface area (Å²) < 4.78 is 56.9. The molecule has 2 atom stereocenters. The van der Waals surface area contributed by atoms with Gasteiger partial charge in [0, 0.05) is 36.4 Å². The first kappa shape index (κ1) is 51.2. The lowest BCUT2D eigenvalue weighted by Gasteiger charge is -2.32. The summed E-state index contributed by atoms with van der Waals surface area (Å²) in [6.07, 6.45) is 2.25. The molecule has 13 nitrogen and oxygen atoms in total. The van der Waals surface area contributed by atoms with Crippen LogP contribution in [0.15, 0.2) is 75.3 Å². The highest BCUT2D eigenvalue weighted by Gasteiger charge is 2.31. The zero-order valence-electron chi connectivity index (χ0n) is 37.7. The van der Waals surface area contributed by atoms with Crippen LogP contribution in [0.5, 0.6) is 0 Å². The van der Waals surface area contributed by atoms with Gasteiger partial charge in [0.25, 0.3) is 5.56 Å². The monoisotopic (exact) mass is 954 g/mol. The molecule has 0 amide bonds. The number of pyridine rings is 4. The average molecular weight is 956 g/mol. The Bertz CT molecular complexity index is 2990. The number of nitrogens with zero attached hydrogens (tertiary/aromatic N) is 3. The summed E-state index contributed by atoms with van der Waals surface area (Å²) in [7, 11) is 0. The molecule has 0 radical (unpaired) electrons. The van der Waals surface area contributed by atoms with Crippen molar-refractivity contribution in [1.29, 1.82) is 0 Å². The second-order valence-electron chi connectivity index (χ2n) is 17.6.